The summed E-state index contributed by atoms with van der Waals surface area (Å²) >= 11 is 0. The lowest BCUT2D eigenvalue weighted by molar-refractivity contribution is 0.0938. The molecule has 1 aromatic rings. The van der Waals surface area contributed by atoms with Gasteiger partial charge in [0.25, 0.3) is 5.91 Å². The molecule has 18 heavy (non-hydrogen) atoms. The van der Waals surface area contributed by atoms with Gasteiger partial charge in [0, 0.05) is 17.2 Å². The van der Waals surface area contributed by atoms with E-state index in [1.165, 1.54) is 12.8 Å². The van der Waals surface area contributed by atoms with Crippen LogP contribution in [-0.4, -0.2) is 19.1 Å². The van der Waals surface area contributed by atoms with Crippen LogP contribution in [0.4, 0.5) is 0 Å². The molecule has 1 saturated carbocycles. The number of carbonyl (C=O) groups excluding carboxylic acids is 1. The number of hydrogen-bond acceptors (Lipinski definition) is 2. The highest BCUT2D eigenvalue weighted by atomic mass is 16.5. The van der Waals surface area contributed by atoms with Crippen LogP contribution < -0.4 is 10.1 Å². The largest absolute Gasteiger partial charge is 0.496 e. The first-order valence-electron chi connectivity index (χ1n) is 6.36. The highest BCUT2D eigenvalue weighted by Crippen LogP contribution is 2.22. The van der Waals surface area contributed by atoms with Crippen LogP contribution in [0.25, 0.3) is 6.08 Å². The molecule has 3 nitrogen and oxygen atoms in total. The van der Waals surface area contributed by atoms with Crippen molar-refractivity contribution in [2.75, 3.05) is 7.11 Å². The lowest BCUT2D eigenvalue weighted by Crippen LogP contribution is -2.32. The van der Waals surface area contributed by atoms with Gasteiger partial charge in [-0.2, -0.15) is 0 Å². The molecule has 0 spiro atoms. The molecule has 0 bridgehead atoms. The zero-order valence-electron chi connectivity index (χ0n) is 10.7. The SMILES string of the molecule is C=Cc1cc(C(=O)NC2CCCC2)ccc1OC. The number of nitrogens with one attached hydrogen (secondary N) is 1. The van der Waals surface area contributed by atoms with Gasteiger partial charge in [-0.25, -0.2) is 0 Å². The summed E-state index contributed by atoms with van der Waals surface area (Å²) in [5.41, 5.74) is 1.51. The molecule has 0 saturated heterocycles. The van der Waals surface area contributed by atoms with Crippen molar-refractivity contribution in [1.29, 1.82) is 0 Å². The maximum absolute atomic E-state index is 12.1. The fourth-order valence-corrected chi connectivity index (χ4v) is 2.37. The summed E-state index contributed by atoms with van der Waals surface area (Å²) in [6.07, 6.45) is 6.31. The van der Waals surface area contributed by atoms with Crippen LogP contribution in [0.5, 0.6) is 5.75 Å². The summed E-state index contributed by atoms with van der Waals surface area (Å²) in [6.45, 7) is 3.73. The van der Waals surface area contributed by atoms with E-state index in [0.29, 0.717) is 11.6 Å². The molecule has 1 aliphatic rings. The van der Waals surface area contributed by atoms with Gasteiger partial charge in [0.15, 0.2) is 0 Å². The van der Waals surface area contributed by atoms with E-state index in [1.807, 2.05) is 6.07 Å². The van der Waals surface area contributed by atoms with E-state index in [2.05, 4.69) is 11.9 Å². The third kappa shape index (κ3) is 2.73. The molecule has 0 atom stereocenters. The summed E-state index contributed by atoms with van der Waals surface area (Å²) in [5, 5.41) is 3.07. The molecule has 96 valence electrons. The van der Waals surface area contributed by atoms with Gasteiger partial charge >= 0.3 is 0 Å². The summed E-state index contributed by atoms with van der Waals surface area (Å²) < 4.78 is 5.20. The minimum atomic E-state index is -0.00680. The molecule has 0 aliphatic heterocycles. The van der Waals surface area contributed by atoms with Crippen molar-refractivity contribution < 1.29 is 9.53 Å². The molecule has 1 aliphatic carbocycles. The summed E-state index contributed by atoms with van der Waals surface area (Å²) in [6, 6.07) is 5.75. The van der Waals surface area contributed by atoms with E-state index in [0.717, 1.165) is 24.2 Å². The van der Waals surface area contributed by atoms with Crippen LogP contribution in [0.1, 0.15) is 41.6 Å². The molecule has 0 radical (unpaired) electrons. The van der Waals surface area contributed by atoms with Gasteiger partial charge in [-0.3, -0.25) is 4.79 Å². The van der Waals surface area contributed by atoms with E-state index in [-0.39, 0.29) is 5.91 Å². The van der Waals surface area contributed by atoms with Gasteiger partial charge in [-0.05, 0) is 31.0 Å². The van der Waals surface area contributed by atoms with Crippen molar-refractivity contribution in [3.05, 3.63) is 35.9 Å². The lowest BCUT2D eigenvalue weighted by atomic mass is 10.1. The van der Waals surface area contributed by atoms with Gasteiger partial charge in [0.2, 0.25) is 0 Å². The Morgan fingerprint density at radius 2 is 2.17 bits per heavy atom. The molecular formula is C15H19NO2. The molecular weight excluding hydrogens is 226 g/mol. The van der Waals surface area contributed by atoms with Crippen molar-refractivity contribution in [2.24, 2.45) is 0 Å². The van der Waals surface area contributed by atoms with Crippen LogP contribution in [-0.2, 0) is 0 Å². The second-order valence-electron chi connectivity index (χ2n) is 4.62. The molecule has 1 amide bonds. The Morgan fingerprint density at radius 3 is 2.78 bits per heavy atom. The highest BCUT2D eigenvalue weighted by Gasteiger charge is 2.18. The van der Waals surface area contributed by atoms with Gasteiger partial charge in [0.1, 0.15) is 5.75 Å². The summed E-state index contributed by atoms with van der Waals surface area (Å²) in [5.74, 6) is 0.732. The number of amides is 1. The lowest BCUT2D eigenvalue weighted by Gasteiger charge is -2.13. The number of methoxy groups -OCH3 is 1. The fraction of sp³-hybridized carbons (Fsp3) is 0.400. The number of rotatable bonds is 4. The molecule has 0 aromatic heterocycles. The Labute approximate surface area is 108 Å². The quantitative estimate of drug-likeness (QED) is 0.885. The molecule has 1 fully saturated rings. The maximum atomic E-state index is 12.1. The third-order valence-corrected chi connectivity index (χ3v) is 3.40. The first-order valence-corrected chi connectivity index (χ1v) is 6.36. The van der Waals surface area contributed by atoms with E-state index < -0.39 is 0 Å². The topological polar surface area (TPSA) is 38.3 Å². The zero-order chi connectivity index (χ0) is 13.0. The maximum Gasteiger partial charge on any atom is 0.251 e. The van der Waals surface area contributed by atoms with Crippen LogP contribution in [0, 0.1) is 0 Å². The Bertz CT molecular complexity index is 448. The van der Waals surface area contributed by atoms with Gasteiger partial charge in [-0.1, -0.05) is 25.5 Å². The number of benzene rings is 1. The normalized spacial score (nSPS) is 15.4. The minimum Gasteiger partial charge on any atom is -0.496 e. The first kappa shape index (κ1) is 12.7. The Balaban J connectivity index is 2.12. The van der Waals surface area contributed by atoms with Crippen molar-refractivity contribution in [3.63, 3.8) is 0 Å². The van der Waals surface area contributed by atoms with Crippen LogP contribution in [0.2, 0.25) is 0 Å². The zero-order valence-corrected chi connectivity index (χ0v) is 10.7. The van der Waals surface area contributed by atoms with Gasteiger partial charge < -0.3 is 10.1 Å². The monoisotopic (exact) mass is 245 g/mol. The Morgan fingerprint density at radius 1 is 1.44 bits per heavy atom. The minimum absolute atomic E-state index is 0.00680. The highest BCUT2D eigenvalue weighted by molar-refractivity contribution is 5.95. The second-order valence-corrected chi connectivity index (χ2v) is 4.62. The number of hydrogen-bond donors (Lipinski definition) is 1. The molecule has 3 heteroatoms. The average Bonchev–Trinajstić information content (AvgIpc) is 2.90. The molecule has 0 heterocycles. The standard InChI is InChI=1S/C15H19NO2/c1-3-11-10-12(8-9-14(11)18-2)15(17)16-13-6-4-5-7-13/h3,8-10,13H,1,4-7H2,2H3,(H,16,17). The van der Waals surface area contributed by atoms with E-state index in [1.54, 1.807) is 25.3 Å². The van der Waals surface area contributed by atoms with Gasteiger partial charge in [-0.15, -0.1) is 0 Å². The number of ether oxygens (including phenoxy) is 1. The number of carbonyl (C=O) groups is 1. The molecule has 2 rings (SSSR count). The Kier molecular flexibility index (Phi) is 4.03. The van der Waals surface area contributed by atoms with E-state index in [4.69, 9.17) is 4.74 Å². The third-order valence-electron chi connectivity index (χ3n) is 3.40. The van der Waals surface area contributed by atoms with Crippen LogP contribution >= 0.6 is 0 Å². The van der Waals surface area contributed by atoms with Crippen LogP contribution in [0.15, 0.2) is 24.8 Å². The van der Waals surface area contributed by atoms with Crippen LogP contribution in [0.3, 0.4) is 0 Å². The van der Waals surface area contributed by atoms with Crippen molar-refractivity contribution in [3.8, 4) is 5.75 Å². The predicted molar refractivity (Wildman–Crippen MR) is 72.8 cm³/mol. The van der Waals surface area contributed by atoms with Crippen molar-refractivity contribution in [1.82, 2.24) is 5.32 Å². The Hall–Kier alpha value is -1.77. The smallest absolute Gasteiger partial charge is 0.251 e. The van der Waals surface area contributed by atoms with Crippen molar-refractivity contribution >= 4 is 12.0 Å². The average molecular weight is 245 g/mol. The predicted octanol–water partition coefficient (Wildman–Crippen LogP) is 3.01. The van der Waals surface area contributed by atoms with E-state index in [9.17, 15) is 4.79 Å². The first-order chi connectivity index (χ1) is 8.74. The summed E-state index contributed by atoms with van der Waals surface area (Å²) in [4.78, 5) is 12.1. The van der Waals surface area contributed by atoms with Crippen molar-refractivity contribution in [2.45, 2.75) is 31.7 Å². The fourth-order valence-electron chi connectivity index (χ4n) is 2.37. The summed E-state index contributed by atoms with van der Waals surface area (Å²) in [7, 11) is 1.61. The molecule has 0 unspecified atom stereocenters. The van der Waals surface area contributed by atoms with E-state index >= 15 is 0 Å². The molecule has 1 aromatic carbocycles. The molecule has 1 N–H and O–H groups in total. The second kappa shape index (κ2) is 5.71. The van der Waals surface area contributed by atoms with Gasteiger partial charge in [0.05, 0.1) is 7.11 Å².